The third-order valence-corrected chi connectivity index (χ3v) is 3.61. The molecule has 0 radical (unpaired) electrons. The van der Waals surface area contributed by atoms with Gasteiger partial charge in [0.25, 0.3) is 0 Å². The molecule has 0 saturated heterocycles. The average molecular weight is 357 g/mol. The summed E-state index contributed by atoms with van der Waals surface area (Å²) in [5.74, 6) is 1.21. The van der Waals surface area contributed by atoms with Crippen molar-refractivity contribution >= 4 is 51.9 Å². The molecule has 0 amide bonds. The van der Waals surface area contributed by atoms with Crippen LogP contribution in [0.1, 0.15) is 0 Å². The van der Waals surface area contributed by atoms with Crippen LogP contribution in [-0.2, 0) is 0 Å². The summed E-state index contributed by atoms with van der Waals surface area (Å²) in [6.07, 6.45) is 0. The number of hydrogen-bond donors (Lipinski definition) is 2. The van der Waals surface area contributed by atoms with Gasteiger partial charge in [-0.25, -0.2) is 0 Å². The van der Waals surface area contributed by atoms with Crippen LogP contribution in [0.15, 0.2) is 36.4 Å². The molecular weight excluding hydrogens is 343 g/mol. The molecule has 0 spiro atoms. The van der Waals surface area contributed by atoms with Crippen LogP contribution in [0.4, 0.5) is 11.4 Å². The Hall–Kier alpha value is -1.69. The van der Waals surface area contributed by atoms with Crippen LogP contribution >= 0.6 is 35.4 Å². The molecule has 22 heavy (non-hydrogen) atoms. The molecule has 0 aliphatic heterocycles. The quantitative estimate of drug-likeness (QED) is 0.768. The van der Waals surface area contributed by atoms with Crippen molar-refractivity contribution in [2.45, 2.75) is 0 Å². The summed E-state index contributed by atoms with van der Waals surface area (Å²) in [5.41, 5.74) is 1.51. The maximum Gasteiger partial charge on any atom is 0.175 e. The van der Waals surface area contributed by atoms with Gasteiger partial charge >= 0.3 is 0 Å². The van der Waals surface area contributed by atoms with Gasteiger partial charge in [0.05, 0.1) is 24.3 Å². The van der Waals surface area contributed by atoms with Gasteiger partial charge in [-0.2, -0.15) is 0 Å². The van der Waals surface area contributed by atoms with Crippen molar-refractivity contribution in [3.8, 4) is 11.5 Å². The summed E-state index contributed by atoms with van der Waals surface area (Å²) in [6, 6.07) is 10.6. The zero-order chi connectivity index (χ0) is 16.1. The second-order valence-electron chi connectivity index (χ2n) is 4.28. The van der Waals surface area contributed by atoms with E-state index in [1.165, 1.54) is 0 Å². The summed E-state index contributed by atoms with van der Waals surface area (Å²) in [5, 5.41) is 7.50. The Labute approximate surface area is 144 Å². The molecule has 116 valence electrons. The van der Waals surface area contributed by atoms with Crippen molar-refractivity contribution in [2.75, 3.05) is 24.9 Å². The highest BCUT2D eigenvalue weighted by atomic mass is 35.5. The van der Waals surface area contributed by atoms with Crippen LogP contribution in [0, 0.1) is 0 Å². The summed E-state index contributed by atoms with van der Waals surface area (Å²) in [7, 11) is 3.13. The third kappa shape index (κ3) is 4.16. The van der Waals surface area contributed by atoms with Crippen molar-refractivity contribution in [2.24, 2.45) is 0 Å². The van der Waals surface area contributed by atoms with Gasteiger partial charge in [-0.15, -0.1) is 0 Å². The molecule has 0 unspecified atom stereocenters. The lowest BCUT2D eigenvalue weighted by Gasteiger charge is -2.12. The lowest BCUT2D eigenvalue weighted by atomic mass is 10.3. The first-order valence-electron chi connectivity index (χ1n) is 6.28. The van der Waals surface area contributed by atoms with Crippen molar-refractivity contribution in [3.63, 3.8) is 0 Å². The minimum absolute atomic E-state index is 0.419. The molecule has 2 rings (SSSR count). The molecule has 0 fully saturated rings. The number of anilines is 2. The number of nitrogens with one attached hydrogen (secondary N) is 2. The predicted molar refractivity (Wildman–Crippen MR) is 95.9 cm³/mol. The van der Waals surface area contributed by atoms with Gasteiger partial charge in [-0.1, -0.05) is 23.2 Å². The first-order valence-corrected chi connectivity index (χ1v) is 7.45. The lowest BCUT2D eigenvalue weighted by molar-refractivity contribution is 0.415. The summed E-state index contributed by atoms with van der Waals surface area (Å²) in [6.45, 7) is 0. The number of ether oxygens (including phenoxy) is 2. The minimum Gasteiger partial charge on any atom is -0.495 e. The van der Waals surface area contributed by atoms with Crippen LogP contribution in [0.3, 0.4) is 0 Å². The van der Waals surface area contributed by atoms with E-state index in [1.54, 1.807) is 38.5 Å². The fourth-order valence-electron chi connectivity index (χ4n) is 1.78. The number of methoxy groups -OCH3 is 2. The molecule has 4 nitrogen and oxygen atoms in total. The number of halogens is 2. The Morgan fingerprint density at radius 1 is 0.864 bits per heavy atom. The van der Waals surface area contributed by atoms with Crippen LogP contribution in [-0.4, -0.2) is 19.3 Å². The van der Waals surface area contributed by atoms with E-state index < -0.39 is 0 Å². The second-order valence-corrected chi connectivity index (χ2v) is 5.50. The maximum atomic E-state index is 6.07. The monoisotopic (exact) mass is 356 g/mol. The Kier molecular flexibility index (Phi) is 5.71. The fourth-order valence-corrected chi connectivity index (χ4v) is 2.53. The van der Waals surface area contributed by atoms with E-state index in [0.717, 1.165) is 11.4 Å². The molecule has 2 N–H and O–H groups in total. The molecule has 0 bridgehead atoms. The zero-order valence-corrected chi connectivity index (χ0v) is 14.3. The van der Waals surface area contributed by atoms with Gasteiger partial charge < -0.3 is 20.1 Å². The van der Waals surface area contributed by atoms with Crippen molar-refractivity contribution in [1.29, 1.82) is 0 Å². The van der Waals surface area contributed by atoms with Crippen LogP contribution in [0.5, 0.6) is 11.5 Å². The lowest BCUT2D eigenvalue weighted by Crippen LogP contribution is -2.19. The van der Waals surface area contributed by atoms with Crippen LogP contribution in [0.2, 0.25) is 10.0 Å². The van der Waals surface area contributed by atoms with E-state index in [2.05, 4.69) is 10.6 Å². The predicted octanol–water partition coefficient (Wildman–Crippen LogP) is 4.82. The smallest absolute Gasteiger partial charge is 0.175 e. The van der Waals surface area contributed by atoms with Crippen molar-refractivity contribution in [1.82, 2.24) is 0 Å². The topological polar surface area (TPSA) is 42.5 Å². The van der Waals surface area contributed by atoms with E-state index in [4.69, 9.17) is 44.9 Å². The number of rotatable bonds is 4. The highest BCUT2D eigenvalue weighted by Crippen LogP contribution is 2.28. The average Bonchev–Trinajstić information content (AvgIpc) is 2.47. The highest BCUT2D eigenvalue weighted by molar-refractivity contribution is 7.80. The largest absolute Gasteiger partial charge is 0.495 e. The molecule has 2 aromatic rings. The first kappa shape index (κ1) is 16.7. The molecule has 0 aliphatic carbocycles. The highest BCUT2D eigenvalue weighted by Gasteiger charge is 2.05. The Morgan fingerprint density at radius 3 is 1.59 bits per heavy atom. The zero-order valence-electron chi connectivity index (χ0n) is 11.9. The van der Waals surface area contributed by atoms with Crippen LogP contribution < -0.4 is 20.1 Å². The minimum atomic E-state index is 0.419. The standard InChI is InChI=1S/C15H14Cl2N2O2S/c1-20-13-5-3-9(7-11(13)16)18-15(22)19-10-4-6-14(21-2)12(17)8-10/h3-8H,1-2H3,(H2,18,19,22). The number of hydrogen-bond acceptors (Lipinski definition) is 3. The summed E-state index contributed by atoms with van der Waals surface area (Å²) < 4.78 is 10.2. The Balaban J connectivity index is 2.04. The van der Waals surface area contributed by atoms with Crippen molar-refractivity contribution < 1.29 is 9.47 Å². The fraction of sp³-hybridized carbons (Fsp3) is 0.133. The second kappa shape index (κ2) is 7.54. The molecule has 0 heterocycles. The number of benzene rings is 2. The third-order valence-electron chi connectivity index (χ3n) is 2.82. The maximum absolute atomic E-state index is 6.07. The van der Waals surface area contributed by atoms with Gasteiger partial charge in [0, 0.05) is 11.4 Å². The molecule has 2 aromatic carbocycles. The van der Waals surface area contributed by atoms with Crippen molar-refractivity contribution in [3.05, 3.63) is 46.4 Å². The SMILES string of the molecule is COc1ccc(NC(=S)Nc2ccc(OC)c(Cl)c2)cc1Cl. The Morgan fingerprint density at radius 2 is 1.27 bits per heavy atom. The molecule has 0 aliphatic rings. The molecular formula is C15H14Cl2N2O2S. The van der Waals surface area contributed by atoms with E-state index in [0.29, 0.717) is 26.7 Å². The Bertz CT molecular complexity index is 638. The normalized spacial score (nSPS) is 10.0. The van der Waals surface area contributed by atoms with Crippen LogP contribution in [0.25, 0.3) is 0 Å². The van der Waals surface area contributed by atoms with Gasteiger partial charge in [0.1, 0.15) is 11.5 Å². The number of thiocarbonyl (C=S) groups is 1. The van der Waals surface area contributed by atoms with Gasteiger partial charge in [-0.05, 0) is 48.6 Å². The van der Waals surface area contributed by atoms with E-state index in [-0.39, 0.29) is 0 Å². The first-order chi connectivity index (χ1) is 10.5. The summed E-state index contributed by atoms with van der Waals surface area (Å²) >= 11 is 17.4. The molecule has 0 aromatic heterocycles. The summed E-state index contributed by atoms with van der Waals surface area (Å²) in [4.78, 5) is 0. The molecule has 0 atom stereocenters. The van der Waals surface area contributed by atoms with Gasteiger partial charge in [0.15, 0.2) is 5.11 Å². The molecule has 0 saturated carbocycles. The van der Waals surface area contributed by atoms with Gasteiger partial charge in [-0.3, -0.25) is 0 Å². The van der Waals surface area contributed by atoms with E-state index in [1.807, 2.05) is 12.1 Å². The van der Waals surface area contributed by atoms with E-state index in [9.17, 15) is 0 Å². The van der Waals surface area contributed by atoms with E-state index >= 15 is 0 Å². The van der Waals surface area contributed by atoms with Gasteiger partial charge in [0.2, 0.25) is 0 Å². The molecule has 7 heteroatoms.